The molecule has 0 aliphatic rings. The molecule has 2 heterocycles. The molecule has 5 nitrogen and oxygen atoms in total. The fraction of sp³-hybridized carbons (Fsp3) is 0.100. The third-order valence-electron chi connectivity index (χ3n) is 4.13. The topological polar surface area (TPSA) is 66.0 Å². The van der Waals surface area contributed by atoms with Crippen molar-refractivity contribution < 1.29 is 4.74 Å². The quantitative estimate of drug-likeness (QED) is 0.610. The van der Waals surface area contributed by atoms with Gasteiger partial charge in [0.25, 0.3) is 0 Å². The molecule has 5 heteroatoms. The van der Waals surface area contributed by atoms with Crippen LogP contribution in [0.3, 0.4) is 0 Å². The minimum Gasteiger partial charge on any atom is -0.486 e. The van der Waals surface area contributed by atoms with Crippen LogP contribution >= 0.6 is 0 Å². The van der Waals surface area contributed by atoms with E-state index < -0.39 is 0 Å². The molecular weight excluding hydrogens is 312 g/mol. The maximum absolute atomic E-state index is 6.10. The predicted octanol–water partition coefficient (Wildman–Crippen LogP) is 4.14. The summed E-state index contributed by atoms with van der Waals surface area (Å²) in [6, 6.07) is 19.8. The third kappa shape index (κ3) is 3.04. The van der Waals surface area contributed by atoms with E-state index in [1.54, 1.807) is 6.20 Å². The van der Waals surface area contributed by atoms with Crippen LogP contribution < -0.4 is 10.5 Å². The van der Waals surface area contributed by atoms with Gasteiger partial charge in [0, 0.05) is 17.6 Å². The lowest BCUT2D eigenvalue weighted by atomic mass is 10.1. The number of hydrogen-bond acceptors (Lipinski definition) is 4. The zero-order chi connectivity index (χ0) is 17.2. The number of hydrogen-bond donors (Lipinski definition) is 1. The Kier molecular flexibility index (Phi) is 3.82. The first kappa shape index (κ1) is 15.2. The minimum absolute atomic E-state index is 0.129. The average Bonchev–Trinajstić information content (AvgIpc) is 3.05. The second-order valence-corrected chi connectivity index (χ2v) is 5.89. The highest BCUT2D eigenvalue weighted by atomic mass is 16.5. The summed E-state index contributed by atoms with van der Waals surface area (Å²) in [4.78, 5) is 4.02. The lowest BCUT2D eigenvalue weighted by Crippen LogP contribution is -2.04. The number of anilines is 1. The molecule has 4 rings (SSSR count). The molecule has 1 atom stereocenters. The van der Waals surface area contributed by atoms with Gasteiger partial charge in [-0.05, 0) is 48.9 Å². The van der Waals surface area contributed by atoms with Crippen LogP contribution in [-0.2, 0) is 0 Å². The van der Waals surface area contributed by atoms with Crippen LogP contribution in [0, 0.1) is 0 Å². The van der Waals surface area contributed by atoms with Gasteiger partial charge >= 0.3 is 0 Å². The fourth-order valence-corrected chi connectivity index (χ4v) is 2.84. The number of fused-ring (bicyclic) bond motifs is 1. The molecule has 25 heavy (non-hydrogen) atoms. The van der Waals surface area contributed by atoms with Gasteiger partial charge in [-0.3, -0.25) is 0 Å². The predicted molar refractivity (Wildman–Crippen MR) is 98.8 cm³/mol. The van der Waals surface area contributed by atoms with Crippen molar-refractivity contribution >= 4 is 16.7 Å². The van der Waals surface area contributed by atoms with E-state index in [2.05, 4.69) is 10.1 Å². The number of benzene rings is 2. The van der Waals surface area contributed by atoms with Gasteiger partial charge in [0.15, 0.2) is 0 Å². The van der Waals surface area contributed by atoms with E-state index in [1.807, 2.05) is 78.5 Å². The number of rotatable bonds is 4. The van der Waals surface area contributed by atoms with E-state index in [9.17, 15) is 0 Å². The fourth-order valence-electron chi connectivity index (χ4n) is 2.84. The summed E-state index contributed by atoms with van der Waals surface area (Å²) in [6.07, 6.45) is 3.42. The molecule has 4 aromatic rings. The second kappa shape index (κ2) is 6.28. The van der Waals surface area contributed by atoms with Gasteiger partial charge in [-0.15, -0.1) is 0 Å². The zero-order valence-electron chi connectivity index (χ0n) is 13.8. The minimum atomic E-state index is -0.129. The Morgan fingerprint density at radius 3 is 2.68 bits per heavy atom. The number of nitrogens with two attached hydrogens (primary N) is 1. The van der Waals surface area contributed by atoms with Crippen molar-refractivity contribution in [3.63, 3.8) is 0 Å². The zero-order valence-corrected chi connectivity index (χ0v) is 13.8. The Morgan fingerprint density at radius 2 is 1.88 bits per heavy atom. The molecular formula is C20H18N4O. The summed E-state index contributed by atoms with van der Waals surface area (Å²) >= 11 is 0. The van der Waals surface area contributed by atoms with Gasteiger partial charge in [-0.2, -0.15) is 5.10 Å². The van der Waals surface area contributed by atoms with Crippen LogP contribution in [0.25, 0.3) is 16.6 Å². The van der Waals surface area contributed by atoms with E-state index in [4.69, 9.17) is 10.5 Å². The Morgan fingerprint density at radius 1 is 1.04 bits per heavy atom. The molecule has 124 valence electrons. The van der Waals surface area contributed by atoms with Crippen LogP contribution in [0.5, 0.6) is 5.75 Å². The highest BCUT2D eigenvalue weighted by Crippen LogP contribution is 2.27. The number of nitrogens with zero attached hydrogens (tertiary/aromatic N) is 3. The maximum Gasteiger partial charge on any atom is 0.123 e. The summed E-state index contributed by atoms with van der Waals surface area (Å²) in [5.41, 5.74) is 8.77. The third-order valence-corrected chi connectivity index (χ3v) is 4.13. The summed E-state index contributed by atoms with van der Waals surface area (Å²) < 4.78 is 8.01. The van der Waals surface area contributed by atoms with Crippen LogP contribution in [0.4, 0.5) is 5.82 Å². The Balaban J connectivity index is 1.67. The average molecular weight is 330 g/mol. The van der Waals surface area contributed by atoms with Crippen molar-refractivity contribution in [2.75, 3.05) is 5.73 Å². The van der Waals surface area contributed by atoms with E-state index in [1.165, 1.54) is 0 Å². The SMILES string of the molecule is CC(Oc1ccc2cnn(-c3ccccc3)c2c1)c1ccnc(N)c1. The Hall–Kier alpha value is -3.34. The molecule has 2 aromatic carbocycles. The molecule has 0 bridgehead atoms. The first-order valence-electron chi connectivity index (χ1n) is 8.12. The number of pyridine rings is 1. The number of aromatic nitrogens is 3. The van der Waals surface area contributed by atoms with Crippen LogP contribution in [0.15, 0.2) is 73.1 Å². The molecule has 0 saturated heterocycles. The van der Waals surface area contributed by atoms with E-state index >= 15 is 0 Å². The second-order valence-electron chi connectivity index (χ2n) is 5.89. The monoisotopic (exact) mass is 330 g/mol. The van der Waals surface area contributed by atoms with Gasteiger partial charge in [0.05, 0.1) is 17.4 Å². The molecule has 2 N–H and O–H groups in total. The van der Waals surface area contributed by atoms with E-state index in [0.29, 0.717) is 5.82 Å². The molecule has 0 spiro atoms. The molecule has 0 saturated carbocycles. The summed E-state index contributed by atoms with van der Waals surface area (Å²) in [7, 11) is 0. The van der Waals surface area contributed by atoms with Gasteiger partial charge in [0.1, 0.15) is 17.7 Å². The highest BCUT2D eigenvalue weighted by Gasteiger charge is 2.11. The first-order valence-corrected chi connectivity index (χ1v) is 8.12. The maximum atomic E-state index is 6.10. The number of ether oxygens (including phenoxy) is 1. The van der Waals surface area contributed by atoms with Crippen molar-refractivity contribution in [1.29, 1.82) is 0 Å². The van der Waals surface area contributed by atoms with Crippen molar-refractivity contribution in [2.24, 2.45) is 0 Å². The molecule has 1 unspecified atom stereocenters. The van der Waals surface area contributed by atoms with Gasteiger partial charge in [0.2, 0.25) is 0 Å². The van der Waals surface area contributed by atoms with Gasteiger partial charge in [-0.1, -0.05) is 18.2 Å². The van der Waals surface area contributed by atoms with Crippen molar-refractivity contribution in [1.82, 2.24) is 14.8 Å². The van der Waals surface area contributed by atoms with Crippen molar-refractivity contribution in [2.45, 2.75) is 13.0 Å². The summed E-state index contributed by atoms with van der Waals surface area (Å²) in [6.45, 7) is 1.99. The molecule has 0 amide bonds. The standard InChI is InChI=1S/C20H18N4O/c1-14(15-9-10-22-20(21)11-15)25-18-8-7-16-13-23-24(19(16)12-18)17-5-3-2-4-6-17/h2-14H,1H3,(H2,21,22). The lowest BCUT2D eigenvalue weighted by molar-refractivity contribution is 0.227. The molecule has 0 fully saturated rings. The van der Waals surface area contributed by atoms with Gasteiger partial charge < -0.3 is 10.5 Å². The van der Waals surface area contributed by atoms with Crippen LogP contribution in [-0.4, -0.2) is 14.8 Å². The highest BCUT2D eigenvalue weighted by molar-refractivity contribution is 5.81. The van der Waals surface area contributed by atoms with Crippen molar-refractivity contribution in [3.05, 3.63) is 78.6 Å². The molecule has 0 aliphatic carbocycles. The van der Waals surface area contributed by atoms with Crippen LogP contribution in [0.1, 0.15) is 18.6 Å². The summed E-state index contributed by atoms with van der Waals surface area (Å²) in [5.74, 6) is 1.28. The number of nitrogen functional groups attached to an aromatic ring is 1. The Bertz CT molecular complexity index is 1010. The smallest absolute Gasteiger partial charge is 0.123 e. The Labute approximate surface area is 145 Å². The molecule has 2 aromatic heterocycles. The molecule has 0 radical (unpaired) electrons. The molecule has 0 aliphatic heterocycles. The van der Waals surface area contributed by atoms with Gasteiger partial charge in [-0.25, -0.2) is 9.67 Å². The van der Waals surface area contributed by atoms with E-state index in [0.717, 1.165) is 27.9 Å². The number of para-hydroxylation sites is 1. The normalized spacial score (nSPS) is 12.2. The largest absolute Gasteiger partial charge is 0.486 e. The summed E-state index contributed by atoms with van der Waals surface area (Å²) in [5, 5.41) is 5.56. The lowest BCUT2D eigenvalue weighted by Gasteiger charge is -2.15. The van der Waals surface area contributed by atoms with E-state index in [-0.39, 0.29) is 6.10 Å². The van der Waals surface area contributed by atoms with Crippen LogP contribution in [0.2, 0.25) is 0 Å². The first-order chi connectivity index (χ1) is 12.2. The van der Waals surface area contributed by atoms with Crippen molar-refractivity contribution in [3.8, 4) is 11.4 Å².